The first kappa shape index (κ1) is 13.9. The van der Waals surface area contributed by atoms with Crippen LogP contribution in [0, 0.1) is 13.8 Å². The quantitative estimate of drug-likeness (QED) is 0.648. The highest BCUT2D eigenvalue weighted by molar-refractivity contribution is 5.83. The summed E-state index contributed by atoms with van der Waals surface area (Å²) in [5.41, 5.74) is 5.68. The van der Waals surface area contributed by atoms with Crippen LogP contribution in [-0.2, 0) is 4.79 Å². The number of furan rings is 1. The zero-order chi connectivity index (χ0) is 14.4. The van der Waals surface area contributed by atoms with Crippen LogP contribution in [0.5, 0.6) is 0 Å². The maximum Gasteiger partial charge on any atom is 0.259 e. The molecule has 5 heteroatoms. The van der Waals surface area contributed by atoms with Crippen LogP contribution in [0.15, 0.2) is 46.1 Å². The molecule has 2 rings (SSSR count). The van der Waals surface area contributed by atoms with Gasteiger partial charge in [0.25, 0.3) is 5.91 Å². The molecular weight excluding hydrogens is 254 g/mol. The normalized spacial score (nSPS) is 10.7. The Morgan fingerprint density at radius 2 is 2.20 bits per heavy atom. The Morgan fingerprint density at radius 1 is 1.35 bits per heavy atom. The van der Waals surface area contributed by atoms with Crippen LogP contribution in [0.1, 0.15) is 16.9 Å². The lowest BCUT2D eigenvalue weighted by Crippen LogP contribution is -2.26. The number of anilines is 1. The molecular formula is C15H17N3O2. The summed E-state index contributed by atoms with van der Waals surface area (Å²) in [5.74, 6) is 0.375. The van der Waals surface area contributed by atoms with E-state index < -0.39 is 0 Å². The van der Waals surface area contributed by atoms with Gasteiger partial charge in [0, 0.05) is 5.69 Å². The average molecular weight is 271 g/mol. The van der Waals surface area contributed by atoms with Gasteiger partial charge in [-0.25, -0.2) is 5.43 Å². The number of nitrogens with one attached hydrogen (secondary N) is 2. The molecule has 5 nitrogen and oxygen atoms in total. The van der Waals surface area contributed by atoms with Crippen LogP contribution in [0.3, 0.4) is 0 Å². The summed E-state index contributed by atoms with van der Waals surface area (Å²) in [6, 6.07) is 9.54. The SMILES string of the molecule is Cc1ccc(NCC(=O)N/N=C/c2ccco2)c(C)c1. The summed E-state index contributed by atoms with van der Waals surface area (Å²) in [7, 11) is 0. The van der Waals surface area contributed by atoms with Crippen LogP contribution >= 0.6 is 0 Å². The number of hydrazone groups is 1. The standard InChI is InChI=1S/C15H17N3O2/c1-11-5-6-14(12(2)8-11)16-10-15(19)18-17-9-13-4-3-7-20-13/h3-9,16H,10H2,1-2H3,(H,18,19)/b17-9+. The molecule has 0 radical (unpaired) electrons. The summed E-state index contributed by atoms with van der Waals surface area (Å²) in [6.45, 7) is 4.20. The van der Waals surface area contributed by atoms with Crippen LogP contribution < -0.4 is 10.7 Å². The topological polar surface area (TPSA) is 66.6 Å². The number of aryl methyl sites for hydroxylation is 2. The van der Waals surface area contributed by atoms with Crippen molar-refractivity contribution in [2.45, 2.75) is 13.8 Å². The molecule has 0 bridgehead atoms. The van der Waals surface area contributed by atoms with E-state index in [4.69, 9.17) is 4.42 Å². The molecule has 0 saturated carbocycles. The minimum Gasteiger partial charge on any atom is -0.463 e. The van der Waals surface area contributed by atoms with E-state index in [2.05, 4.69) is 21.9 Å². The van der Waals surface area contributed by atoms with Gasteiger partial charge in [0.05, 0.1) is 19.0 Å². The number of hydrogen-bond donors (Lipinski definition) is 2. The Balaban J connectivity index is 1.80. The number of benzene rings is 1. The summed E-state index contributed by atoms with van der Waals surface area (Å²) >= 11 is 0. The van der Waals surface area contributed by atoms with E-state index in [-0.39, 0.29) is 12.5 Å². The van der Waals surface area contributed by atoms with Gasteiger partial charge in [0.15, 0.2) is 0 Å². The van der Waals surface area contributed by atoms with E-state index in [0.717, 1.165) is 11.3 Å². The molecule has 0 fully saturated rings. The summed E-state index contributed by atoms with van der Waals surface area (Å²) in [5, 5.41) is 6.88. The van der Waals surface area contributed by atoms with Gasteiger partial charge in [0.1, 0.15) is 5.76 Å². The molecule has 1 amide bonds. The summed E-state index contributed by atoms with van der Waals surface area (Å²) in [4.78, 5) is 11.6. The fraction of sp³-hybridized carbons (Fsp3) is 0.200. The molecule has 2 N–H and O–H groups in total. The van der Waals surface area contributed by atoms with Crippen molar-refractivity contribution in [2.75, 3.05) is 11.9 Å². The number of carbonyl (C=O) groups is 1. The third-order valence-electron chi connectivity index (χ3n) is 2.75. The Hall–Kier alpha value is -2.56. The first-order chi connectivity index (χ1) is 9.65. The molecule has 0 aliphatic heterocycles. The van der Waals surface area contributed by atoms with E-state index >= 15 is 0 Å². The maximum atomic E-state index is 11.6. The van der Waals surface area contributed by atoms with E-state index in [1.54, 1.807) is 18.4 Å². The van der Waals surface area contributed by atoms with Crippen LogP contribution in [-0.4, -0.2) is 18.7 Å². The minimum atomic E-state index is -0.215. The van der Waals surface area contributed by atoms with E-state index in [1.165, 1.54) is 11.8 Å². The molecule has 0 spiro atoms. The maximum absolute atomic E-state index is 11.6. The second kappa shape index (κ2) is 6.56. The van der Waals surface area contributed by atoms with Crippen molar-refractivity contribution >= 4 is 17.8 Å². The number of hydrogen-bond acceptors (Lipinski definition) is 4. The second-order valence-electron chi connectivity index (χ2n) is 4.48. The largest absolute Gasteiger partial charge is 0.463 e. The lowest BCUT2D eigenvalue weighted by Gasteiger charge is -2.09. The van der Waals surface area contributed by atoms with Gasteiger partial charge in [0.2, 0.25) is 0 Å². The highest BCUT2D eigenvalue weighted by atomic mass is 16.3. The zero-order valence-electron chi connectivity index (χ0n) is 11.5. The van der Waals surface area contributed by atoms with Crippen molar-refractivity contribution in [1.82, 2.24) is 5.43 Å². The number of amides is 1. The minimum absolute atomic E-state index is 0.166. The van der Waals surface area contributed by atoms with Gasteiger partial charge in [-0.15, -0.1) is 0 Å². The molecule has 0 unspecified atom stereocenters. The number of carbonyl (C=O) groups excluding carboxylic acids is 1. The third-order valence-corrected chi connectivity index (χ3v) is 2.75. The van der Waals surface area contributed by atoms with Gasteiger partial charge < -0.3 is 9.73 Å². The van der Waals surface area contributed by atoms with Crippen molar-refractivity contribution in [3.63, 3.8) is 0 Å². The van der Waals surface area contributed by atoms with Gasteiger partial charge in [-0.05, 0) is 37.6 Å². The zero-order valence-corrected chi connectivity index (χ0v) is 11.5. The first-order valence-corrected chi connectivity index (χ1v) is 6.31. The molecule has 2 aromatic rings. The smallest absolute Gasteiger partial charge is 0.259 e. The predicted octanol–water partition coefficient (Wildman–Crippen LogP) is 2.46. The Kier molecular flexibility index (Phi) is 4.55. The Bertz CT molecular complexity index is 604. The van der Waals surface area contributed by atoms with Crippen molar-refractivity contribution in [3.8, 4) is 0 Å². The molecule has 0 atom stereocenters. The molecule has 1 aromatic carbocycles. The van der Waals surface area contributed by atoms with Gasteiger partial charge in [-0.1, -0.05) is 17.7 Å². The van der Waals surface area contributed by atoms with Crippen LogP contribution in [0.2, 0.25) is 0 Å². The molecule has 1 heterocycles. The fourth-order valence-corrected chi connectivity index (χ4v) is 1.76. The molecule has 0 aliphatic carbocycles. The monoisotopic (exact) mass is 271 g/mol. The second-order valence-corrected chi connectivity index (χ2v) is 4.48. The molecule has 0 aliphatic rings. The average Bonchev–Trinajstić information content (AvgIpc) is 2.91. The first-order valence-electron chi connectivity index (χ1n) is 6.31. The molecule has 1 aromatic heterocycles. The van der Waals surface area contributed by atoms with Crippen LogP contribution in [0.25, 0.3) is 0 Å². The Morgan fingerprint density at radius 3 is 2.90 bits per heavy atom. The van der Waals surface area contributed by atoms with E-state index in [9.17, 15) is 4.79 Å². The summed E-state index contributed by atoms with van der Waals surface area (Å²) in [6.07, 6.45) is 3.00. The Labute approximate surface area is 117 Å². The van der Waals surface area contributed by atoms with Crippen molar-refractivity contribution < 1.29 is 9.21 Å². The highest BCUT2D eigenvalue weighted by Crippen LogP contribution is 2.15. The lowest BCUT2D eigenvalue weighted by molar-refractivity contribution is -0.119. The number of rotatable bonds is 5. The summed E-state index contributed by atoms with van der Waals surface area (Å²) < 4.78 is 5.06. The fourth-order valence-electron chi connectivity index (χ4n) is 1.76. The third kappa shape index (κ3) is 3.98. The lowest BCUT2D eigenvalue weighted by atomic mass is 10.1. The van der Waals surface area contributed by atoms with Gasteiger partial charge in [-0.3, -0.25) is 4.79 Å². The number of nitrogens with zero attached hydrogens (tertiary/aromatic N) is 1. The molecule has 104 valence electrons. The van der Waals surface area contributed by atoms with Crippen molar-refractivity contribution in [1.29, 1.82) is 0 Å². The van der Waals surface area contributed by atoms with E-state index in [1.807, 2.05) is 26.0 Å². The van der Waals surface area contributed by atoms with E-state index in [0.29, 0.717) is 5.76 Å². The van der Waals surface area contributed by atoms with Crippen molar-refractivity contribution in [3.05, 3.63) is 53.5 Å². The highest BCUT2D eigenvalue weighted by Gasteiger charge is 2.02. The van der Waals surface area contributed by atoms with Crippen LogP contribution in [0.4, 0.5) is 5.69 Å². The predicted molar refractivity (Wildman–Crippen MR) is 78.9 cm³/mol. The molecule has 0 saturated heterocycles. The van der Waals surface area contributed by atoms with Gasteiger partial charge >= 0.3 is 0 Å². The van der Waals surface area contributed by atoms with Gasteiger partial charge in [-0.2, -0.15) is 5.10 Å². The molecule has 20 heavy (non-hydrogen) atoms. The van der Waals surface area contributed by atoms with Crippen molar-refractivity contribution in [2.24, 2.45) is 5.10 Å².